The van der Waals surface area contributed by atoms with Crippen LogP contribution in [0.3, 0.4) is 0 Å². The van der Waals surface area contributed by atoms with Crippen molar-refractivity contribution in [2.24, 2.45) is 0 Å². The largest absolute Gasteiger partial charge is 0.158 e. The molecule has 0 radical (unpaired) electrons. The number of fused-ring (bicyclic) bond motifs is 1. The molecule has 2 rings (SSSR count). The highest BCUT2D eigenvalue weighted by Crippen LogP contribution is 2.10. The summed E-state index contributed by atoms with van der Waals surface area (Å²) in [5.41, 5.74) is 0. The number of benzene rings is 1. The maximum Gasteiger partial charge on any atom is 0.156 e. The van der Waals surface area contributed by atoms with Gasteiger partial charge in [0.05, 0.1) is 6.20 Å². The van der Waals surface area contributed by atoms with Gasteiger partial charge in [0.1, 0.15) is 0 Å². The summed E-state index contributed by atoms with van der Waals surface area (Å²) in [6.45, 7) is 0. The van der Waals surface area contributed by atoms with Gasteiger partial charge in [0, 0.05) is 5.39 Å². The minimum atomic E-state index is 0.551. The van der Waals surface area contributed by atoms with E-state index in [2.05, 4.69) is 10.2 Å². The van der Waals surface area contributed by atoms with Gasteiger partial charge in [0.15, 0.2) is 4.64 Å². The molecule has 3 heteroatoms. The first kappa shape index (κ1) is 7.31. The van der Waals surface area contributed by atoms with Crippen molar-refractivity contribution in [3.8, 4) is 0 Å². The predicted octanol–water partition coefficient (Wildman–Crippen LogP) is 2.36. The second-order valence-corrected chi connectivity index (χ2v) is 2.81. The van der Waals surface area contributed by atoms with E-state index in [0.29, 0.717) is 4.64 Å². The molecular weight excluding hydrogens is 168 g/mol. The van der Waals surface area contributed by atoms with E-state index in [4.69, 9.17) is 12.2 Å². The third-order valence-corrected chi connectivity index (χ3v) is 1.96. The first-order valence-electron chi connectivity index (χ1n) is 3.59. The lowest BCUT2D eigenvalue weighted by Crippen LogP contribution is -1.71. The van der Waals surface area contributed by atoms with E-state index in [0.717, 1.165) is 10.8 Å². The molecule has 2 nitrogen and oxygen atoms in total. The SMILES string of the molecule is S=c1nnccc2ccccc12. The molecule has 0 saturated carbocycles. The molecule has 0 amide bonds. The molecule has 0 unspecified atom stereocenters. The summed E-state index contributed by atoms with van der Waals surface area (Å²) in [4.78, 5) is 0. The monoisotopic (exact) mass is 174 g/mol. The Morgan fingerprint density at radius 1 is 1.08 bits per heavy atom. The van der Waals surface area contributed by atoms with Gasteiger partial charge in [-0.25, -0.2) is 0 Å². The number of aromatic nitrogens is 2. The highest BCUT2D eigenvalue weighted by atomic mass is 32.1. The molecule has 2 aromatic rings. The van der Waals surface area contributed by atoms with E-state index in [1.807, 2.05) is 30.3 Å². The summed E-state index contributed by atoms with van der Waals surface area (Å²) < 4.78 is 0.551. The Bertz CT molecular complexity index is 468. The van der Waals surface area contributed by atoms with E-state index in [1.165, 1.54) is 0 Å². The molecule has 0 bridgehead atoms. The summed E-state index contributed by atoms with van der Waals surface area (Å²) >= 11 is 5.05. The molecule has 0 N–H and O–H groups in total. The fourth-order valence-corrected chi connectivity index (χ4v) is 1.32. The van der Waals surface area contributed by atoms with E-state index < -0.39 is 0 Å². The standard InChI is InChI=1S/C9H6N2S/c12-9-8-4-2-1-3-7(8)5-6-10-11-9/h1-6H. The van der Waals surface area contributed by atoms with Crippen molar-refractivity contribution in [1.29, 1.82) is 0 Å². The van der Waals surface area contributed by atoms with Crippen molar-refractivity contribution in [3.63, 3.8) is 0 Å². The quantitative estimate of drug-likeness (QED) is 0.573. The third kappa shape index (κ3) is 1.19. The van der Waals surface area contributed by atoms with Crippen LogP contribution in [0.25, 0.3) is 10.8 Å². The van der Waals surface area contributed by atoms with Crippen LogP contribution < -0.4 is 0 Å². The molecule has 1 aromatic carbocycles. The van der Waals surface area contributed by atoms with E-state index >= 15 is 0 Å². The third-order valence-electron chi connectivity index (χ3n) is 1.66. The maximum absolute atomic E-state index is 5.05. The van der Waals surface area contributed by atoms with Crippen molar-refractivity contribution in [1.82, 2.24) is 10.2 Å². The van der Waals surface area contributed by atoms with Crippen molar-refractivity contribution >= 4 is 23.0 Å². The summed E-state index contributed by atoms with van der Waals surface area (Å²) in [6.07, 6.45) is 1.65. The summed E-state index contributed by atoms with van der Waals surface area (Å²) in [5.74, 6) is 0. The van der Waals surface area contributed by atoms with Gasteiger partial charge in [-0.15, -0.1) is 5.10 Å². The Morgan fingerprint density at radius 3 is 2.83 bits per heavy atom. The Labute approximate surface area is 74.9 Å². The van der Waals surface area contributed by atoms with Crippen LogP contribution in [0.1, 0.15) is 0 Å². The van der Waals surface area contributed by atoms with Crippen LogP contribution in [0.5, 0.6) is 0 Å². The van der Waals surface area contributed by atoms with Gasteiger partial charge in [0.2, 0.25) is 0 Å². The number of hydrogen-bond donors (Lipinski definition) is 0. The maximum atomic E-state index is 5.05. The normalized spacial score (nSPS) is 10.0. The molecule has 0 aliphatic carbocycles. The highest BCUT2D eigenvalue weighted by molar-refractivity contribution is 7.71. The van der Waals surface area contributed by atoms with Crippen LogP contribution in [0.2, 0.25) is 0 Å². The first-order chi connectivity index (χ1) is 5.88. The van der Waals surface area contributed by atoms with Crippen molar-refractivity contribution < 1.29 is 0 Å². The minimum Gasteiger partial charge on any atom is -0.158 e. The van der Waals surface area contributed by atoms with Gasteiger partial charge in [-0.3, -0.25) is 0 Å². The summed E-state index contributed by atoms with van der Waals surface area (Å²) in [6, 6.07) is 9.76. The Hall–Kier alpha value is -1.35. The van der Waals surface area contributed by atoms with E-state index in [9.17, 15) is 0 Å². The fraction of sp³-hybridized carbons (Fsp3) is 0. The summed E-state index contributed by atoms with van der Waals surface area (Å²) in [5, 5.41) is 9.66. The zero-order chi connectivity index (χ0) is 8.39. The molecule has 0 aliphatic heterocycles. The number of rotatable bonds is 0. The van der Waals surface area contributed by atoms with Crippen molar-refractivity contribution in [2.45, 2.75) is 0 Å². The van der Waals surface area contributed by atoms with Crippen molar-refractivity contribution in [2.75, 3.05) is 0 Å². The lowest BCUT2D eigenvalue weighted by Gasteiger charge is -1.87. The van der Waals surface area contributed by atoms with E-state index in [-0.39, 0.29) is 0 Å². The highest BCUT2D eigenvalue weighted by Gasteiger charge is 1.90. The van der Waals surface area contributed by atoms with Gasteiger partial charge in [-0.2, -0.15) is 5.10 Å². The number of hydrogen-bond acceptors (Lipinski definition) is 3. The second kappa shape index (κ2) is 2.95. The molecule has 1 heterocycles. The Morgan fingerprint density at radius 2 is 1.92 bits per heavy atom. The van der Waals surface area contributed by atoms with Crippen LogP contribution in [-0.4, -0.2) is 10.2 Å². The first-order valence-corrected chi connectivity index (χ1v) is 3.99. The smallest absolute Gasteiger partial charge is 0.156 e. The molecule has 1 aromatic heterocycles. The Kier molecular flexibility index (Phi) is 1.80. The molecular formula is C9H6N2S. The Balaban J connectivity index is 3.06. The number of nitrogens with zero attached hydrogens (tertiary/aromatic N) is 2. The molecule has 58 valence electrons. The molecule has 12 heavy (non-hydrogen) atoms. The fourth-order valence-electron chi connectivity index (χ4n) is 1.09. The van der Waals surface area contributed by atoms with Crippen LogP contribution in [-0.2, 0) is 0 Å². The van der Waals surface area contributed by atoms with Crippen molar-refractivity contribution in [3.05, 3.63) is 41.2 Å². The van der Waals surface area contributed by atoms with Crippen LogP contribution in [0.4, 0.5) is 0 Å². The van der Waals surface area contributed by atoms with Gasteiger partial charge in [0.25, 0.3) is 0 Å². The zero-order valence-electron chi connectivity index (χ0n) is 6.27. The second-order valence-electron chi connectivity index (χ2n) is 2.42. The molecule has 0 saturated heterocycles. The molecule has 0 aliphatic rings. The lowest BCUT2D eigenvalue weighted by molar-refractivity contribution is 1.05. The average Bonchev–Trinajstić information content (AvgIpc) is 2.29. The van der Waals surface area contributed by atoms with Crippen LogP contribution >= 0.6 is 12.2 Å². The van der Waals surface area contributed by atoms with Gasteiger partial charge >= 0.3 is 0 Å². The van der Waals surface area contributed by atoms with Crippen LogP contribution in [0.15, 0.2) is 36.5 Å². The lowest BCUT2D eigenvalue weighted by atomic mass is 10.2. The van der Waals surface area contributed by atoms with Crippen LogP contribution in [0, 0.1) is 4.64 Å². The predicted molar refractivity (Wildman–Crippen MR) is 50.4 cm³/mol. The zero-order valence-corrected chi connectivity index (χ0v) is 7.08. The molecule has 0 fully saturated rings. The van der Waals surface area contributed by atoms with Gasteiger partial charge in [-0.1, -0.05) is 36.5 Å². The van der Waals surface area contributed by atoms with Gasteiger partial charge < -0.3 is 0 Å². The average molecular weight is 174 g/mol. The summed E-state index contributed by atoms with van der Waals surface area (Å²) in [7, 11) is 0. The topological polar surface area (TPSA) is 25.8 Å². The molecule has 0 spiro atoms. The molecule has 0 atom stereocenters. The van der Waals surface area contributed by atoms with E-state index in [1.54, 1.807) is 6.20 Å². The minimum absolute atomic E-state index is 0.551. The van der Waals surface area contributed by atoms with Gasteiger partial charge in [-0.05, 0) is 11.5 Å².